The number of hydrogen-bond acceptors (Lipinski definition) is 4. The van der Waals surface area contributed by atoms with E-state index in [1.165, 1.54) is 6.20 Å². The molecular formula is C6H10N3NaO2S. The number of nitrogens with two attached hydrogens (primary N) is 1. The minimum atomic E-state index is -1.02. The molecule has 1 atom stereocenters. The molecule has 0 aromatic carbocycles. The van der Waals surface area contributed by atoms with Crippen molar-refractivity contribution >= 4 is 48.2 Å². The molecule has 1 aromatic heterocycles. The number of hydrogen-bond donors (Lipinski definition) is 4. The normalized spacial score (nSPS) is 11.8. The molecule has 0 aliphatic rings. The Hall–Kier alpha value is -0.0100. The molecule has 0 amide bonds. The van der Waals surface area contributed by atoms with Gasteiger partial charge in [-0.2, -0.15) is 0 Å². The van der Waals surface area contributed by atoms with Gasteiger partial charge in [0.1, 0.15) is 6.04 Å². The Balaban J connectivity index is 0.00000144. The summed E-state index contributed by atoms with van der Waals surface area (Å²) in [6.07, 6.45) is 1.76. The number of imidazole rings is 1. The number of rotatable bonds is 3. The molecule has 0 fully saturated rings. The van der Waals surface area contributed by atoms with E-state index in [1.54, 1.807) is 0 Å². The summed E-state index contributed by atoms with van der Waals surface area (Å²) in [5.41, 5.74) is 5.96. The molecule has 0 saturated carbocycles. The second kappa shape index (κ2) is 5.66. The van der Waals surface area contributed by atoms with E-state index in [2.05, 4.69) is 22.6 Å². The van der Waals surface area contributed by atoms with Crippen molar-refractivity contribution in [1.82, 2.24) is 9.97 Å². The van der Waals surface area contributed by atoms with Gasteiger partial charge in [-0.3, -0.25) is 4.79 Å². The number of thiol groups is 1. The van der Waals surface area contributed by atoms with Gasteiger partial charge in [0.25, 0.3) is 0 Å². The Bertz CT molecular complexity index is 291. The maximum atomic E-state index is 10.3. The van der Waals surface area contributed by atoms with Gasteiger partial charge in [0.05, 0.1) is 0 Å². The molecule has 4 N–H and O–H groups in total. The van der Waals surface area contributed by atoms with E-state index in [9.17, 15) is 4.79 Å². The van der Waals surface area contributed by atoms with Gasteiger partial charge in [-0.15, -0.1) is 12.6 Å². The average molecular weight is 211 g/mol. The number of carboxylic acid groups (broad SMARTS) is 1. The molecule has 0 radical (unpaired) electrons. The fourth-order valence-corrected chi connectivity index (χ4v) is 0.977. The number of aliphatic carboxylic acids is 1. The van der Waals surface area contributed by atoms with Gasteiger partial charge in [-0.05, 0) is 0 Å². The first-order valence-electron chi connectivity index (χ1n) is 3.31. The van der Waals surface area contributed by atoms with E-state index in [1.807, 2.05) is 0 Å². The first kappa shape index (κ1) is 13.0. The van der Waals surface area contributed by atoms with Gasteiger partial charge < -0.3 is 15.8 Å². The van der Waals surface area contributed by atoms with Gasteiger partial charge >= 0.3 is 35.5 Å². The quantitative estimate of drug-likeness (QED) is 0.381. The van der Waals surface area contributed by atoms with E-state index >= 15 is 0 Å². The number of aromatic amines is 1. The SMILES string of the molecule is N[C@@H](Cc1cnc(S)[nH]1)C(=O)O.[NaH]. The van der Waals surface area contributed by atoms with E-state index in [-0.39, 0.29) is 36.0 Å². The zero-order valence-corrected chi connectivity index (χ0v) is 7.08. The topological polar surface area (TPSA) is 92.0 Å². The fraction of sp³-hybridized carbons (Fsp3) is 0.333. The molecular weight excluding hydrogens is 201 g/mol. The van der Waals surface area contributed by atoms with Crippen molar-refractivity contribution in [2.75, 3.05) is 0 Å². The van der Waals surface area contributed by atoms with Crippen molar-refractivity contribution in [3.8, 4) is 0 Å². The summed E-state index contributed by atoms with van der Waals surface area (Å²) in [6, 6.07) is -0.891. The number of carboxylic acids is 1. The summed E-state index contributed by atoms with van der Waals surface area (Å²) in [5, 5.41) is 8.93. The van der Waals surface area contributed by atoms with Crippen molar-refractivity contribution in [2.24, 2.45) is 5.73 Å². The van der Waals surface area contributed by atoms with E-state index < -0.39 is 12.0 Å². The third-order valence-electron chi connectivity index (χ3n) is 1.37. The molecule has 0 aliphatic heterocycles. The molecule has 0 unspecified atom stereocenters. The Labute approximate surface area is 103 Å². The van der Waals surface area contributed by atoms with Crippen molar-refractivity contribution < 1.29 is 9.90 Å². The minimum absolute atomic E-state index is 0. The Morgan fingerprint density at radius 3 is 2.85 bits per heavy atom. The molecule has 1 heterocycles. The molecule has 0 saturated heterocycles. The summed E-state index contributed by atoms with van der Waals surface area (Å²) in [7, 11) is 0. The summed E-state index contributed by atoms with van der Waals surface area (Å²) in [5.74, 6) is -1.02. The van der Waals surface area contributed by atoms with E-state index in [0.717, 1.165) is 0 Å². The summed E-state index contributed by atoms with van der Waals surface area (Å²) in [4.78, 5) is 16.9. The molecule has 13 heavy (non-hydrogen) atoms. The van der Waals surface area contributed by atoms with Crippen LogP contribution in [0.2, 0.25) is 0 Å². The van der Waals surface area contributed by atoms with Crippen LogP contribution in [-0.4, -0.2) is 56.6 Å². The zero-order valence-electron chi connectivity index (χ0n) is 6.19. The first-order valence-corrected chi connectivity index (χ1v) is 3.75. The summed E-state index contributed by atoms with van der Waals surface area (Å²) >= 11 is 3.92. The zero-order chi connectivity index (χ0) is 9.14. The van der Waals surface area contributed by atoms with Gasteiger partial charge in [-0.25, -0.2) is 4.98 Å². The Morgan fingerprint density at radius 1 is 1.85 bits per heavy atom. The third-order valence-corrected chi connectivity index (χ3v) is 1.60. The Kier molecular flexibility index (Phi) is 5.66. The van der Waals surface area contributed by atoms with Gasteiger partial charge in [0, 0.05) is 18.3 Å². The second-order valence-corrected chi connectivity index (χ2v) is 2.80. The van der Waals surface area contributed by atoms with Crippen molar-refractivity contribution in [3.05, 3.63) is 11.9 Å². The average Bonchev–Trinajstić information content (AvgIpc) is 2.35. The van der Waals surface area contributed by atoms with Crippen LogP contribution in [0.1, 0.15) is 5.69 Å². The third kappa shape index (κ3) is 4.15. The first-order chi connectivity index (χ1) is 5.59. The fourth-order valence-electron chi connectivity index (χ4n) is 0.775. The van der Waals surface area contributed by atoms with Crippen LogP contribution in [-0.2, 0) is 11.2 Å². The van der Waals surface area contributed by atoms with Gasteiger partial charge in [-0.1, -0.05) is 0 Å². The standard InChI is InChI=1S/C6H9N3O2S.Na.H/c7-4(5(10)11)1-3-2-8-6(12)9-3;;/h2,4H,1,7H2,(H,10,11)(H2,8,9,12);;/t4-;;/m0../s1. The molecule has 7 heteroatoms. The number of H-pyrrole nitrogens is 1. The van der Waals surface area contributed by atoms with Crippen LogP contribution in [0.4, 0.5) is 0 Å². The maximum absolute atomic E-state index is 10.3. The van der Waals surface area contributed by atoms with E-state index in [0.29, 0.717) is 10.9 Å². The summed E-state index contributed by atoms with van der Waals surface area (Å²) < 4.78 is 0. The van der Waals surface area contributed by atoms with Crippen LogP contribution in [0.3, 0.4) is 0 Å². The molecule has 5 nitrogen and oxygen atoms in total. The summed E-state index contributed by atoms with van der Waals surface area (Å²) in [6.45, 7) is 0. The van der Waals surface area contributed by atoms with Crippen LogP contribution < -0.4 is 5.73 Å². The van der Waals surface area contributed by atoms with Crippen molar-refractivity contribution in [1.29, 1.82) is 0 Å². The van der Waals surface area contributed by atoms with Crippen LogP contribution in [0.25, 0.3) is 0 Å². The molecule has 0 spiro atoms. The molecule has 1 rings (SSSR count). The molecule has 0 bridgehead atoms. The second-order valence-electron chi connectivity index (χ2n) is 2.38. The van der Waals surface area contributed by atoms with Crippen LogP contribution in [0, 0.1) is 0 Å². The predicted molar refractivity (Wildman–Crippen MR) is 52.3 cm³/mol. The molecule has 68 valence electrons. The van der Waals surface area contributed by atoms with Crippen LogP contribution in [0.5, 0.6) is 0 Å². The number of aromatic nitrogens is 2. The monoisotopic (exact) mass is 211 g/mol. The van der Waals surface area contributed by atoms with E-state index in [4.69, 9.17) is 10.8 Å². The molecule has 0 aliphatic carbocycles. The van der Waals surface area contributed by atoms with Crippen molar-refractivity contribution in [3.63, 3.8) is 0 Å². The number of carbonyl (C=O) groups is 1. The Morgan fingerprint density at radius 2 is 2.46 bits per heavy atom. The molecule has 1 aromatic rings. The number of nitrogens with one attached hydrogen (secondary N) is 1. The number of nitrogens with zero attached hydrogens (tertiary/aromatic N) is 1. The predicted octanol–water partition coefficient (Wildman–Crippen LogP) is -0.996. The van der Waals surface area contributed by atoms with Gasteiger partial charge in [0.2, 0.25) is 0 Å². The van der Waals surface area contributed by atoms with Gasteiger partial charge in [0.15, 0.2) is 5.16 Å². The van der Waals surface area contributed by atoms with Crippen LogP contribution in [0.15, 0.2) is 11.4 Å². The van der Waals surface area contributed by atoms with Crippen molar-refractivity contribution in [2.45, 2.75) is 17.6 Å². The van der Waals surface area contributed by atoms with Crippen LogP contribution >= 0.6 is 12.6 Å².